The van der Waals surface area contributed by atoms with Gasteiger partial charge in [0.05, 0.1) is 6.54 Å². The van der Waals surface area contributed by atoms with Gasteiger partial charge in [0.15, 0.2) is 0 Å². The van der Waals surface area contributed by atoms with Crippen LogP contribution in [-0.2, 0) is 11.2 Å². The fourth-order valence-corrected chi connectivity index (χ4v) is 2.01. The molecule has 0 aromatic heterocycles. The number of hydrogen-bond acceptors (Lipinski definition) is 2. The van der Waals surface area contributed by atoms with Gasteiger partial charge in [-0.15, -0.1) is 0 Å². The molecular weight excluding hydrogens is 236 g/mol. The maximum absolute atomic E-state index is 11.7. The van der Waals surface area contributed by atoms with Gasteiger partial charge in [0.2, 0.25) is 5.91 Å². The number of para-hydroxylation sites is 1. The average molecular weight is 262 g/mol. The predicted octanol–water partition coefficient (Wildman–Crippen LogP) is 3.13. The lowest BCUT2D eigenvalue weighted by atomic mass is 10.1. The van der Waals surface area contributed by atoms with Crippen LogP contribution in [0.15, 0.2) is 18.2 Å². The summed E-state index contributed by atoms with van der Waals surface area (Å²) < 4.78 is 0. The van der Waals surface area contributed by atoms with Crippen molar-refractivity contribution in [3.8, 4) is 0 Å². The number of rotatable bonds is 7. The van der Waals surface area contributed by atoms with Crippen LogP contribution in [0.2, 0.25) is 0 Å². The van der Waals surface area contributed by atoms with Crippen LogP contribution < -0.4 is 10.6 Å². The smallest absolute Gasteiger partial charge is 0.239 e. The zero-order chi connectivity index (χ0) is 14.3. The van der Waals surface area contributed by atoms with E-state index in [1.165, 1.54) is 11.1 Å². The third-order valence-corrected chi connectivity index (χ3v) is 3.21. The van der Waals surface area contributed by atoms with Crippen molar-refractivity contribution < 1.29 is 4.79 Å². The summed E-state index contributed by atoms with van der Waals surface area (Å²) in [6, 6.07) is 6.23. The third kappa shape index (κ3) is 5.33. The predicted molar refractivity (Wildman–Crippen MR) is 81.5 cm³/mol. The molecule has 0 unspecified atom stereocenters. The monoisotopic (exact) mass is 262 g/mol. The van der Waals surface area contributed by atoms with E-state index >= 15 is 0 Å². The number of aryl methyl sites for hydroxylation is 2. The van der Waals surface area contributed by atoms with E-state index in [4.69, 9.17) is 0 Å². The molecule has 3 heteroatoms. The van der Waals surface area contributed by atoms with Gasteiger partial charge in [0.25, 0.3) is 0 Å². The normalized spacial score (nSPS) is 10.6. The number of nitrogens with one attached hydrogen (secondary N) is 2. The average Bonchev–Trinajstić information content (AvgIpc) is 2.36. The van der Waals surface area contributed by atoms with E-state index in [-0.39, 0.29) is 5.91 Å². The van der Waals surface area contributed by atoms with Crippen LogP contribution in [0.1, 0.15) is 38.3 Å². The Balaban J connectivity index is 2.46. The highest BCUT2D eigenvalue weighted by atomic mass is 16.1. The van der Waals surface area contributed by atoms with E-state index in [1.54, 1.807) is 0 Å². The molecule has 0 heterocycles. The molecule has 0 fully saturated rings. The van der Waals surface area contributed by atoms with Crippen LogP contribution in [0.3, 0.4) is 0 Å². The maximum Gasteiger partial charge on any atom is 0.239 e. The number of hydrogen-bond donors (Lipinski definition) is 2. The first-order valence-corrected chi connectivity index (χ1v) is 7.13. The molecule has 19 heavy (non-hydrogen) atoms. The number of benzene rings is 1. The molecule has 0 aliphatic heterocycles. The second-order valence-corrected chi connectivity index (χ2v) is 5.35. The Morgan fingerprint density at radius 2 is 2.05 bits per heavy atom. The first-order valence-electron chi connectivity index (χ1n) is 7.13. The first-order chi connectivity index (χ1) is 9.04. The van der Waals surface area contributed by atoms with E-state index in [0.29, 0.717) is 12.5 Å². The molecule has 0 aliphatic carbocycles. The highest BCUT2D eigenvalue weighted by molar-refractivity contribution is 5.81. The lowest BCUT2D eigenvalue weighted by Crippen LogP contribution is -2.31. The molecule has 0 aliphatic rings. The zero-order valence-electron chi connectivity index (χ0n) is 12.5. The molecule has 0 bridgehead atoms. The number of anilines is 1. The standard InChI is InChI=1S/C16H26N2O/c1-5-14-8-6-7-13(4)16(14)18-11-15(19)17-10-9-12(2)3/h6-8,12,18H,5,9-11H2,1-4H3,(H,17,19). The van der Waals surface area contributed by atoms with Crippen molar-refractivity contribution in [2.45, 2.75) is 40.5 Å². The molecule has 0 atom stereocenters. The van der Waals surface area contributed by atoms with Crippen LogP contribution in [0.5, 0.6) is 0 Å². The molecule has 2 N–H and O–H groups in total. The molecule has 0 saturated heterocycles. The summed E-state index contributed by atoms with van der Waals surface area (Å²) in [7, 11) is 0. The SMILES string of the molecule is CCc1cccc(C)c1NCC(=O)NCCC(C)C. The van der Waals surface area contributed by atoms with Crippen molar-refractivity contribution in [2.75, 3.05) is 18.4 Å². The van der Waals surface area contributed by atoms with Gasteiger partial charge in [0, 0.05) is 12.2 Å². The molecule has 0 radical (unpaired) electrons. The van der Waals surface area contributed by atoms with Crippen LogP contribution in [0, 0.1) is 12.8 Å². The molecule has 3 nitrogen and oxygen atoms in total. The van der Waals surface area contributed by atoms with Gasteiger partial charge < -0.3 is 10.6 Å². The van der Waals surface area contributed by atoms with E-state index in [2.05, 4.69) is 56.5 Å². The topological polar surface area (TPSA) is 41.1 Å². The largest absolute Gasteiger partial charge is 0.376 e. The minimum absolute atomic E-state index is 0.0611. The summed E-state index contributed by atoms with van der Waals surface area (Å²) in [5.41, 5.74) is 3.55. The fourth-order valence-electron chi connectivity index (χ4n) is 2.01. The summed E-state index contributed by atoms with van der Waals surface area (Å²) in [5, 5.41) is 6.20. The summed E-state index contributed by atoms with van der Waals surface area (Å²) in [4.78, 5) is 11.7. The Morgan fingerprint density at radius 1 is 1.32 bits per heavy atom. The van der Waals surface area contributed by atoms with Gasteiger partial charge in [0.1, 0.15) is 0 Å². The number of carbonyl (C=O) groups is 1. The summed E-state index contributed by atoms with van der Waals surface area (Å²) in [6.07, 6.45) is 2.00. The second kappa shape index (κ2) is 7.82. The van der Waals surface area contributed by atoms with Gasteiger partial charge in [-0.3, -0.25) is 4.79 Å². The van der Waals surface area contributed by atoms with Gasteiger partial charge in [-0.05, 0) is 36.8 Å². The van der Waals surface area contributed by atoms with E-state index in [0.717, 1.165) is 25.1 Å². The number of amides is 1. The molecule has 0 saturated carbocycles. The highest BCUT2D eigenvalue weighted by Gasteiger charge is 2.06. The minimum atomic E-state index is 0.0611. The molecule has 0 spiro atoms. The van der Waals surface area contributed by atoms with E-state index in [9.17, 15) is 4.79 Å². The number of carbonyl (C=O) groups excluding carboxylic acids is 1. The minimum Gasteiger partial charge on any atom is -0.376 e. The molecule has 1 aromatic rings. The lowest BCUT2D eigenvalue weighted by Gasteiger charge is -2.14. The first kappa shape index (κ1) is 15.5. The molecule has 1 rings (SSSR count). The second-order valence-electron chi connectivity index (χ2n) is 5.35. The molecular formula is C16H26N2O. The molecule has 1 aromatic carbocycles. The van der Waals surface area contributed by atoms with Crippen molar-refractivity contribution >= 4 is 11.6 Å². The Kier molecular flexibility index (Phi) is 6.40. The maximum atomic E-state index is 11.7. The van der Waals surface area contributed by atoms with Crippen molar-refractivity contribution in [1.29, 1.82) is 0 Å². The third-order valence-electron chi connectivity index (χ3n) is 3.21. The lowest BCUT2D eigenvalue weighted by molar-refractivity contribution is -0.119. The Labute approximate surface area is 116 Å². The molecule has 1 amide bonds. The Bertz CT molecular complexity index is 413. The van der Waals surface area contributed by atoms with Gasteiger partial charge in [-0.1, -0.05) is 39.0 Å². The fraction of sp³-hybridized carbons (Fsp3) is 0.562. The van der Waals surface area contributed by atoms with Crippen molar-refractivity contribution in [3.05, 3.63) is 29.3 Å². The zero-order valence-corrected chi connectivity index (χ0v) is 12.5. The summed E-state index contributed by atoms with van der Waals surface area (Å²) >= 11 is 0. The Morgan fingerprint density at radius 3 is 2.68 bits per heavy atom. The van der Waals surface area contributed by atoms with Crippen molar-refractivity contribution in [3.63, 3.8) is 0 Å². The van der Waals surface area contributed by atoms with Gasteiger partial charge in [-0.25, -0.2) is 0 Å². The van der Waals surface area contributed by atoms with Gasteiger partial charge in [-0.2, -0.15) is 0 Å². The van der Waals surface area contributed by atoms with E-state index < -0.39 is 0 Å². The van der Waals surface area contributed by atoms with Crippen LogP contribution >= 0.6 is 0 Å². The quantitative estimate of drug-likeness (QED) is 0.792. The van der Waals surface area contributed by atoms with Crippen molar-refractivity contribution in [2.24, 2.45) is 5.92 Å². The van der Waals surface area contributed by atoms with Crippen LogP contribution in [0.4, 0.5) is 5.69 Å². The van der Waals surface area contributed by atoms with E-state index in [1.807, 2.05) is 0 Å². The summed E-state index contributed by atoms with van der Waals surface area (Å²) in [5.74, 6) is 0.683. The van der Waals surface area contributed by atoms with Crippen LogP contribution in [-0.4, -0.2) is 19.0 Å². The van der Waals surface area contributed by atoms with Gasteiger partial charge >= 0.3 is 0 Å². The van der Waals surface area contributed by atoms with Crippen molar-refractivity contribution in [1.82, 2.24) is 5.32 Å². The summed E-state index contributed by atoms with van der Waals surface area (Å²) in [6.45, 7) is 9.61. The Hall–Kier alpha value is -1.51. The molecule has 106 valence electrons. The van der Waals surface area contributed by atoms with Crippen LogP contribution in [0.25, 0.3) is 0 Å². The highest BCUT2D eigenvalue weighted by Crippen LogP contribution is 2.20.